The molecule has 0 aliphatic heterocycles. The van der Waals surface area contributed by atoms with Crippen LogP contribution in [0.5, 0.6) is 0 Å². The molecule has 0 amide bonds. The molecule has 246 valence electrons. The maximum atomic E-state index is 6.28. The second-order valence-electron chi connectivity index (χ2n) is 14.1. The van der Waals surface area contributed by atoms with Gasteiger partial charge >= 0.3 is 0 Å². The van der Waals surface area contributed by atoms with Crippen LogP contribution >= 0.6 is 0 Å². The average Bonchev–Trinajstić information content (AvgIpc) is 3.68. The van der Waals surface area contributed by atoms with Crippen LogP contribution in [-0.2, 0) is 5.41 Å². The van der Waals surface area contributed by atoms with Crippen molar-refractivity contribution in [2.75, 3.05) is 0 Å². The fraction of sp³-hybridized carbons (Fsp3) is 0.0625. The lowest BCUT2D eigenvalue weighted by molar-refractivity contribution is 0.658. The lowest BCUT2D eigenvalue weighted by Crippen LogP contribution is -2.15. The Morgan fingerprint density at radius 3 is 1.54 bits per heavy atom. The van der Waals surface area contributed by atoms with E-state index in [1.807, 2.05) is 72.8 Å². The molecule has 7 aromatic carbocycles. The van der Waals surface area contributed by atoms with Crippen molar-refractivity contribution in [3.05, 3.63) is 175 Å². The number of fused-ring (bicyclic) bond motifs is 6. The van der Waals surface area contributed by atoms with Crippen LogP contribution in [0.15, 0.2) is 168 Å². The molecule has 0 spiro atoms. The minimum atomic E-state index is -0.142. The summed E-state index contributed by atoms with van der Waals surface area (Å²) in [5.74, 6) is 1.96. The first-order valence-electron chi connectivity index (χ1n) is 17.7. The Kier molecular flexibility index (Phi) is 6.80. The van der Waals surface area contributed by atoms with Gasteiger partial charge in [0.2, 0.25) is 0 Å². The monoisotopic (exact) mass is 667 g/mol. The molecule has 0 unspecified atom stereocenters. The van der Waals surface area contributed by atoms with E-state index in [1.54, 1.807) is 0 Å². The molecule has 9 aromatic rings. The molecule has 1 aliphatic rings. The number of rotatable bonds is 5. The SMILES string of the molecule is CC1(C)c2cc(-c3cccc(-c4ccc(-c5nc(-c6ccccc6)nc(-c6ccccc6)n5)cc4)c3)ccc2-c2cc3oc4ccccc4c3cc21. The highest BCUT2D eigenvalue weighted by atomic mass is 16.3. The summed E-state index contributed by atoms with van der Waals surface area (Å²) in [5, 5.41) is 2.35. The van der Waals surface area contributed by atoms with Crippen LogP contribution < -0.4 is 0 Å². The molecule has 52 heavy (non-hydrogen) atoms. The molecular weight excluding hydrogens is 635 g/mol. The van der Waals surface area contributed by atoms with Gasteiger partial charge in [-0.2, -0.15) is 0 Å². The first-order chi connectivity index (χ1) is 25.5. The van der Waals surface area contributed by atoms with Crippen LogP contribution in [0.3, 0.4) is 0 Å². The first-order valence-corrected chi connectivity index (χ1v) is 17.7. The molecule has 0 saturated heterocycles. The third-order valence-corrected chi connectivity index (χ3v) is 10.5. The van der Waals surface area contributed by atoms with E-state index in [2.05, 4.69) is 105 Å². The summed E-state index contributed by atoms with van der Waals surface area (Å²) in [5.41, 5.74) is 14.5. The van der Waals surface area contributed by atoms with Gasteiger partial charge in [0.05, 0.1) is 0 Å². The summed E-state index contributed by atoms with van der Waals surface area (Å²) in [6, 6.07) is 57.3. The van der Waals surface area contributed by atoms with Crippen molar-refractivity contribution in [2.45, 2.75) is 19.3 Å². The van der Waals surface area contributed by atoms with Crippen molar-refractivity contribution < 1.29 is 4.42 Å². The summed E-state index contributed by atoms with van der Waals surface area (Å²) < 4.78 is 6.28. The number of aromatic nitrogens is 3. The summed E-state index contributed by atoms with van der Waals surface area (Å²) in [6.45, 7) is 4.68. The Labute approximate surface area is 302 Å². The van der Waals surface area contributed by atoms with Crippen molar-refractivity contribution in [3.63, 3.8) is 0 Å². The minimum Gasteiger partial charge on any atom is -0.456 e. The number of hydrogen-bond acceptors (Lipinski definition) is 4. The van der Waals surface area contributed by atoms with E-state index in [9.17, 15) is 0 Å². The van der Waals surface area contributed by atoms with Crippen LogP contribution in [-0.4, -0.2) is 15.0 Å². The van der Waals surface area contributed by atoms with Crippen LogP contribution in [0.25, 0.3) is 89.5 Å². The Bertz CT molecular complexity index is 2740. The molecule has 1 aliphatic carbocycles. The minimum absolute atomic E-state index is 0.142. The lowest BCUT2D eigenvalue weighted by Gasteiger charge is -2.22. The van der Waals surface area contributed by atoms with Gasteiger partial charge in [-0.1, -0.05) is 147 Å². The smallest absolute Gasteiger partial charge is 0.164 e. The van der Waals surface area contributed by atoms with Crippen molar-refractivity contribution in [3.8, 4) is 67.5 Å². The van der Waals surface area contributed by atoms with Gasteiger partial charge in [0.25, 0.3) is 0 Å². The fourth-order valence-corrected chi connectivity index (χ4v) is 7.76. The standard InChI is InChI=1S/C48H33N3O/c1-48(2)41-27-36(24-25-37(41)39-29-44-40(28-42(39)48)38-18-9-10-19-43(38)52-44)35-17-11-16-34(26-35)30-20-22-33(23-21-30)47-50-45(31-12-5-3-6-13-31)49-46(51-47)32-14-7-4-8-15-32/h3-29H,1-2H3. The summed E-state index contributed by atoms with van der Waals surface area (Å²) >= 11 is 0. The Morgan fingerprint density at radius 1 is 0.365 bits per heavy atom. The third kappa shape index (κ3) is 4.95. The predicted octanol–water partition coefficient (Wildman–Crippen LogP) is 12.4. The molecular formula is C48H33N3O. The van der Waals surface area contributed by atoms with Gasteiger partial charge in [-0.3, -0.25) is 0 Å². The molecule has 0 fully saturated rings. The van der Waals surface area contributed by atoms with E-state index in [4.69, 9.17) is 19.4 Å². The summed E-state index contributed by atoms with van der Waals surface area (Å²) in [7, 11) is 0. The first kappa shape index (κ1) is 30.2. The molecule has 0 radical (unpaired) electrons. The van der Waals surface area contributed by atoms with Gasteiger partial charge in [-0.05, 0) is 74.8 Å². The van der Waals surface area contributed by atoms with E-state index in [-0.39, 0.29) is 5.41 Å². The van der Waals surface area contributed by atoms with E-state index in [0.29, 0.717) is 17.5 Å². The van der Waals surface area contributed by atoms with Crippen LogP contribution in [0.2, 0.25) is 0 Å². The molecule has 4 nitrogen and oxygen atoms in total. The Hall–Kier alpha value is -6.65. The van der Waals surface area contributed by atoms with Gasteiger partial charge < -0.3 is 4.42 Å². The van der Waals surface area contributed by atoms with Crippen LogP contribution in [0, 0.1) is 0 Å². The quantitative estimate of drug-likeness (QED) is 0.183. The van der Waals surface area contributed by atoms with Crippen molar-refractivity contribution in [2.24, 2.45) is 0 Å². The van der Waals surface area contributed by atoms with E-state index in [0.717, 1.165) is 39.0 Å². The van der Waals surface area contributed by atoms with Gasteiger partial charge in [-0.25, -0.2) is 15.0 Å². The van der Waals surface area contributed by atoms with Gasteiger partial charge in [0.1, 0.15) is 11.2 Å². The van der Waals surface area contributed by atoms with Gasteiger partial charge in [0.15, 0.2) is 17.5 Å². The molecule has 0 saturated carbocycles. The van der Waals surface area contributed by atoms with Crippen LogP contribution in [0.1, 0.15) is 25.0 Å². The zero-order valence-electron chi connectivity index (χ0n) is 28.8. The van der Waals surface area contributed by atoms with E-state index < -0.39 is 0 Å². The molecule has 0 bridgehead atoms. The Morgan fingerprint density at radius 2 is 0.865 bits per heavy atom. The van der Waals surface area contributed by atoms with E-state index in [1.165, 1.54) is 44.2 Å². The zero-order chi connectivity index (χ0) is 34.8. The van der Waals surface area contributed by atoms with Gasteiger partial charge in [-0.15, -0.1) is 0 Å². The number of hydrogen-bond donors (Lipinski definition) is 0. The summed E-state index contributed by atoms with van der Waals surface area (Å²) in [4.78, 5) is 14.7. The largest absolute Gasteiger partial charge is 0.456 e. The molecule has 10 rings (SSSR count). The van der Waals surface area contributed by atoms with Crippen LogP contribution in [0.4, 0.5) is 0 Å². The molecule has 4 heteroatoms. The van der Waals surface area contributed by atoms with Gasteiger partial charge in [0, 0.05) is 32.9 Å². The predicted molar refractivity (Wildman–Crippen MR) is 212 cm³/mol. The van der Waals surface area contributed by atoms with E-state index >= 15 is 0 Å². The number of para-hydroxylation sites is 1. The topological polar surface area (TPSA) is 51.8 Å². The molecule has 0 atom stereocenters. The molecule has 2 aromatic heterocycles. The number of benzene rings is 7. The third-order valence-electron chi connectivity index (χ3n) is 10.5. The highest BCUT2D eigenvalue weighted by Gasteiger charge is 2.36. The van der Waals surface area contributed by atoms with Crippen molar-refractivity contribution in [1.82, 2.24) is 15.0 Å². The highest BCUT2D eigenvalue weighted by molar-refractivity contribution is 6.07. The highest BCUT2D eigenvalue weighted by Crippen LogP contribution is 2.51. The fourth-order valence-electron chi connectivity index (χ4n) is 7.76. The summed E-state index contributed by atoms with van der Waals surface area (Å²) in [6.07, 6.45) is 0. The maximum absolute atomic E-state index is 6.28. The average molecular weight is 668 g/mol. The lowest BCUT2D eigenvalue weighted by atomic mass is 9.81. The van der Waals surface area contributed by atoms with Crippen molar-refractivity contribution >= 4 is 21.9 Å². The second kappa shape index (κ2) is 11.7. The zero-order valence-corrected chi connectivity index (χ0v) is 28.8. The maximum Gasteiger partial charge on any atom is 0.164 e. The van der Waals surface area contributed by atoms with Crippen molar-refractivity contribution in [1.29, 1.82) is 0 Å². The Balaban J connectivity index is 0.984. The molecule has 2 heterocycles. The second-order valence-corrected chi connectivity index (χ2v) is 14.1. The normalized spacial score (nSPS) is 13.0. The molecule has 0 N–H and O–H groups in total. The number of nitrogens with zero attached hydrogens (tertiary/aromatic N) is 3. The number of furan rings is 1.